The highest BCUT2D eigenvalue weighted by molar-refractivity contribution is 5.18. The second-order valence-electron chi connectivity index (χ2n) is 5.24. The van der Waals surface area contributed by atoms with E-state index in [0.29, 0.717) is 18.2 Å². The van der Waals surface area contributed by atoms with Crippen LogP contribution in [0, 0.1) is 11.6 Å². The summed E-state index contributed by atoms with van der Waals surface area (Å²) in [6.07, 6.45) is 3.40. The fourth-order valence-electron chi connectivity index (χ4n) is 2.63. The third-order valence-electron chi connectivity index (χ3n) is 3.61. The summed E-state index contributed by atoms with van der Waals surface area (Å²) in [5, 5.41) is 3.50. The lowest BCUT2D eigenvalue weighted by Gasteiger charge is -2.33. The van der Waals surface area contributed by atoms with Crippen LogP contribution in [0.5, 0.6) is 0 Å². The molecule has 0 aromatic heterocycles. The van der Waals surface area contributed by atoms with Gasteiger partial charge in [-0.05, 0) is 38.4 Å². The minimum Gasteiger partial charge on any atom is -0.313 e. The molecule has 1 heterocycles. The minimum absolute atomic E-state index is 0.455. The van der Waals surface area contributed by atoms with E-state index in [1.807, 2.05) is 0 Å². The first-order valence-corrected chi connectivity index (χ1v) is 7.09. The molecule has 1 aromatic carbocycles. The Bertz CT molecular complexity index is 409. The van der Waals surface area contributed by atoms with Gasteiger partial charge in [0.1, 0.15) is 0 Å². The SMILES string of the molecule is CCCNC1CCCN(Cc2cccc(F)c2F)C1. The predicted molar refractivity (Wildman–Crippen MR) is 73.0 cm³/mol. The van der Waals surface area contributed by atoms with Crippen molar-refractivity contribution in [3.05, 3.63) is 35.4 Å². The van der Waals surface area contributed by atoms with Crippen molar-refractivity contribution in [1.82, 2.24) is 10.2 Å². The van der Waals surface area contributed by atoms with Crippen LogP contribution in [0.2, 0.25) is 0 Å². The average Bonchev–Trinajstić information content (AvgIpc) is 2.42. The molecule has 1 unspecified atom stereocenters. The molecule has 0 aliphatic carbocycles. The highest BCUT2D eigenvalue weighted by Gasteiger charge is 2.20. The Hall–Kier alpha value is -1.00. The number of nitrogens with zero attached hydrogens (tertiary/aromatic N) is 1. The number of likely N-dealkylation sites (tertiary alicyclic amines) is 1. The second kappa shape index (κ2) is 6.96. The lowest BCUT2D eigenvalue weighted by atomic mass is 10.0. The molecule has 1 fully saturated rings. The van der Waals surface area contributed by atoms with Crippen LogP contribution in [0.1, 0.15) is 31.7 Å². The highest BCUT2D eigenvalue weighted by Crippen LogP contribution is 2.17. The van der Waals surface area contributed by atoms with E-state index in [9.17, 15) is 8.78 Å². The van der Waals surface area contributed by atoms with E-state index < -0.39 is 11.6 Å². The monoisotopic (exact) mass is 268 g/mol. The molecule has 1 aliphatic rings. The second-order valence-corrected chi connectivity index (χ2v) is 5.24. The van der Waals surface area contributed by atoms with Crippen molar-refractivity contribution < 1.29 is 8.78 Å². The van der Waals surface area contributed by atoms with Gasteiger partial charge in [-0.25, -0.2) is 8.78 Å². The van der Waals surface area contributed by atoms with Crippen LogP contribution in [-0.2, 0) is 6.54 Å². The standard InChI is InChI=1S/C15H22F2N2/c1-2-8-18-13-6-4-9-19(11-13)10-12-5-3-7-14(16)15(12)17/h3,5,7,13,18H,2,4,6,8-11H2,1H3. The first-order valence-electron chi connectivity index (χ1n) is 7.09. The summed E-state index contributed by atoms with van der Waals surface area (Å²) >= 11 is 0. The number of nitrogens with one attached hydrogen (secondary N) is 1. The molecule has 4 heteroatoms. The van der Waals surface area contributed by atoms with E-state index in [4.69, 9.17) is 0 Å². The zero-order chi connectivity index (χ0) is 13.7. The van der Waals surface area contributed by atoms with Crippen LogP contribution in [0.15, 0.2) is 18.2 Å². The molecular weight excluding hydrogens is 246 g/mol. The van der Waals surface area contributed by atoms with Gasteiger partial charge in [0.2, 0.25) is 0 Å². The van der Waals surface area contributed by atoms with Crippen LogP contribution >= 0.6 is 0 Å². The number of hydrogen-bond acceptors (Lipinski definition) is 2. The van der Waals surface area contributed by atoms with Gasteiger partial charge in [0.25, 0.3) is 0 Å². The quantitative estimate of drug-likeness (QED) is 0.883. The van der Waals surface area contributed by atoms with Crippen LogP contribution < -0.4 is 5.32 Å². The molecule has 106 valence electrons. The van der Waals surface area contributed by atoms with Gasteiger partial charge in [0, 0.05) is 24.7 Å². The summed E-state index contributed by atoms with van der Waals surface area (Å²) in [6.45, 7) is 5.53. The van der Waals surface area contributed by atoms with Gasteiger partial charge in [-0.2, -0.15) is 0 Å². The van der Waals surface area contributed by atoms with Crippen LogP contribution in [-0.4, -0.2) is 30.6 Å². The molecule has 1 N–H and O–H groups in total. The summed E-state index contributed by atoms with van der Waals surface area (Å²) < 4.78 is 26.8. The van der Waals surface area contributed by atoms with Gasteiger partial charge < -0.3 is 5.32 Å². The first-order chi connectivity index (χ1) is 9.20. The molecule has 1 atom stereocenters. The summed E-state index contributed by atoms with van der Waals surface area (Å²) in [7, 11) is 0. The number of rotatable bonds is 5. The fourth-order valence-corrected chi connectivity index (χ4v) is 2.63. The van der Waals surface area contributed by atoms with Crippen molar-refractivity contribution in [1.29, 1.82) is 0 Å². The maximum absolute atomic E-state index is 13.6. The maximum Gasteiger partial charge on any atom is 0.163 e. The van der Waals surface area contributed by atoms with Crippen LogP contribution in [0.4, 0.5) is 8.78 Å². The summed E-state index contributed by atoms with van der Waals surface area (Å²) in [4.78, 5) is 2.20. The van der Waals surface area contributed by atoms with Crippen molar-refractivity contribution in [2.75, 3.05) is 19.6 Å². The summed E-state index contributed by atoms with van der Waals surface area (Å²) in [6, 6.07) is 4.89. The molecule has 19 heavy (non-hydrogen) atoms. The van der Waals surface area contributed by atoms with Crippen molar-refractivity contribution in [2.45, 2.75) is 38.8 Å². The molecule has 0 amide bonds. The zero-order valence-corrected chi connectivity index (χ0v) is 11.5. The molecule has 0 spiro atoms. The van der Waals surface area contributed by atoms with Gasteiger partial charge in [0.15, 0.2) is 11.6 Å². The molecule has 0 saturated carbocycles. The van der Waals surface area contributed by atoms with E-state index in [0.717, 1.165) is 32.5 Å². The third-order valence-corrected chi connectivity index (χ3v) is 3.61. The Balaban J connectivity index is 1.93. The average molecular weight is 268 g/mol. The van der Waals surface area contributed by atoms with Gasteiger partial charge in [-0.15, -0.1) is 0 Å². The molecule has 2 rings (SSSR count). The topological polar surface area (TPSA) is 15.3 Å². The number of halogens is 2. The normalized spacial score (nSPS) is 20.7. The lowest BCUT2D eigenvalue weighted by molar-refractivity contribution is 0.181. The lowest BCUT2D eigenvalue weighted by Crippen LogP contribution is -2.45. The van der Waals surface area contributed by atoms with Gasteiger partial charge in [-0.3, -0.25) is 4.90 Å². The Morgan fingerprint density at radius 3 is 3.00 bits per heavy atom. The van der Waals surface area contributed by atoms with Crippen molar-refractivity contribution in [2.24, 2.45) is 0 Å². The molecule has 0 radical (unpaired) electrons. The third kappa shape index (κ3) is 3.98. The van der Waals surface area contributed by atoms with E-state index in [1.54, 1.807) is 12.1 Å². The van der Waals surface area contributed by atoms with Crippen LogP contribution in [0.3, 0.4) is 0 Å². The Labute approximate surface area is 113 Å². The van der Waals surface area contributed by atoms with E-state index in [2.05, 4.69) is 17.1 Å². The van der Waals surface area contributed by atoms with E-state index in [-0.39, 0.29) is 0 Å². The smallest absolute Gasteiger partial charge is 0.163 e. The Morgan fingerprint density at radius 2 is 2.21 bits per heavy atom. The Kier molecular flexibility index (Phi) is 5.28. The number of benzene rings is 1. The highest BCUT2D eigenvalue weighted by atomic mass is 19.2. The summed E-state index contributed by atoms with van der Waals surface area (Å²) in [5.41, 5.74) is 0.455. The molecule has 0 bridgehead atoms. The maximum atomic E-state index is 13.6. The van der Waals surface area contributed by atoms with Crippen LogP contribution in [0.25, 0.3) is 0 Å². The Morgan fingerprint density at radius 1 is 1.37 bits per heavy atom. The van der Waals surface area contributed by atoms with E-state index in [1.165, 1.54) is 12.5 Å². The summed E-state index contributed by atoms with van der Waals surface area (Å²) in [5.74, 6) is -1.46. The fraction of sp³-hybridized carbons (Fsp3) is 0.600. The first kappa shape index (κ1) is 14.4. The molecule has 1 saturated heterocycles. The van der Waals surface area contributed by atoms with Crippen molar-refractivity contribution in [3.8, 4) is 0 Å². The van der Waals surface area contributed by atoms with Gasteiger partial charge in [0.05, 0.1) is 0 Å². The molecular formula is C15H22F2N2. The van der Waals surface area contributed by atoms with Crippen molar-refractivity contribution >= 4 is 0 Å². The minimum atomic E-state index is -0.754. The predicted octanol–water partition coefficient (Wildman–Crippen LogP) is 2.93. The van der Waals surface area contributed by atoms with Crippen molar-refractivity contribution in [3.63, 3.8) is 0 Å². The van der Waals surface area contributed by atoms with E-state index >= 15 is 0 Å². The number of hydrogen-bond donors (Lipinski definition) is 1. The molecule has 1 aliphatic heterocycles. The van der Waals surface area contributed by atoms with Gasteiger partial charge in [-0.1, -0.05) is 19.1 Å². The van der Waals surface area contributed by atoms with Gasteiger partial charge >= 0.3 is 0 Å². The number of piperidine rings is 1. The molecule has 1 aromatic rings. The molecule has 2 nitrogen and oxygen atoms in total. The largest absolute Gasteiger partial charge is 0.313 e. The zero-order valence-electron chi connectivity index (χ0n) is 11.5.